The number of ether oxygens (including phenoxy) is 1. The predicted octanol–water partition coefficient (Wildman–Crippen LogP) is 2.52. The summed E-state index contributed by atoms with van der Waals surface area (Å²) >= 11 is 5.74. The number of hydrogen-bond acceptors (Lipinski definition) is 4. The largest absolute Gasteiger partial charge is 0.367 e. The molecule has 1 aromatic heterocycles. The van der Waals surface area contributed by atoms with Crippen molar-refractivity contribution in [2.75, 3.05) is 13.1 Å². The van der Waals surface area contributed by atoms with E-state index in [1.807, 2.05) is 6.07 Å². The molecule has 0 bridgehead atoms. The standard InChI is InChI=1S/C13H20ClN3O/c1-12(2)8-17(9-13(3,4)18-12)7-10-5-6-11(14)16-15-10/h5-6H,7-9H2,1-4H3. The van der Waals surface area contributed by atoms with Crippen LogP contribution in [0.15, 0.2) is 12.1 Å². The summed E-state index contributed by atoms with van der Waals surface area (Å²) in [4.78, 5) is 2.35. The third kappa shape index (κ3) is 3.64. The minimum absolute atomic E-state index is 0.137. The van der Waals surface area contributed by atoms with E-state index in [2.05, 4.69) is 42.8 Å². The monoisotopic (exact) mass is 269 g/mol. The SMILES string of the molecule is CC1(C)CN(Cc2ccc(Cl)nn2)CC(C)(C)O1. The fraction of sp³-hybridized carbons (Fsp3) is 0.692. The number of halogens is 1. The van der Waals surface area contributed by atoms with Crippen LogP contribution in [-0.4, -0.2) is 39.4 Å². The van der Waals surface area contributed by atoms with Crippen LogP contribution in [0.1, 0.15) is 33.4 Å². The van der Waals surface area contributed by atoms with Gasteiger partial charge >= 0.3 is 0 Å². The highest BCUT2D eigenvalue weighted by Crippen LogP contribution is 2.28. The molecule has 0 radical (unpaired) electrons. The van der Waals surface area contributed by atoms with Crippen molar-refractivity contribution >= 4 is 11.6 Å². The molecule has 0 amide bonds. The van der Waals surface area contributed by atoms with E-state index in [0.29, 0.717) is 5.15 Å². The van der Waals surface area contributed by atoms with Crippen LogP contribution in [0, 0.1) is 0 Å². The molecule has 1 aromatic rings. The molecule has 1 aliphatic rings. The van der Waals surface area contributed by atoms with Crippen LogP contribution >= 0.6 is 11.6 Å². The predicted molar refractivity (Wildman–Crippen MR) is 71.6 cm³/mol. The summed E-state index contributed by atoms with van der Waals surface area (Å²) in [6.45, 7) is 11.0. The molecule has 2 rings (SSSR count). The van der Waals surface area contributed by atoms with Gasteiger partial charge in [0.1, 0.15) is 0 Å². The number of aromatic nitrogens is 2. The molecule has 0 unspecified atom stereocenters. The Hall–Kier alpha value is -0.710. The van der Waals surface area contributed by atoms with E-state index in [-0.39, 0.29) is 11.2 Å². The Morgan fingerprint density at radius 2 is 1.78 bits per heavy atom. The minimum atomic E-state index is -0.137. The van der Waals surface area contributed by atoms with Crippen LogP contribution in [-0.2, 0) is 11.3 Å². The normalized spacial score (nSPS) is 22.9. The first-order valence-electron chi connectivity index (χ1n) is 6.16. The van der Waals surface area contributed by atoms with Crippen LogP contribution in [0.5, 0.6) is 0 Å². The summed E-state index contributed by atoms with van der Waals surface area (Å²) in [6.07, 6.45) is 0. The zero-order valence-corrected chi connectivity index (χ0v) is 12.2. The average Bonchev–Trinajstić information content (AvgIpc) is 2.16. The van der Waals surface area contributed by atoms with Crippen LogP contribution in [0.25, 0.3) is 0 Å². The number of morpholine rings is 1. The molecular weight excluding hydrogens is 250 g/mol. The summed E-state index contributed by atoms with van der Waals surface area (Å²) in [5.74, 6) is 0. The van der Waals surface area contributed by atoms with E-state index >= 15 is 0 Å². The number of rotatable bonds is 2. The lowest BCUT2D eigenvalue weighted by Gasteiger charge is -2.47. The van der Waals surface area contributed by atoms with Gasteiger partial charge in [-0.2, -0.15) is 5.10 Å². The Morgan fingerprint density at radius 3 is 2.28 bits per heavy atom. The quantitative estimate of drug-likeness (QED) is 0.827. The van der Waals surface area contributed by atoms with Gasteiger partial charge in [0.25, 0.3) is 0 Å². The van der Waals surface area contributed by atoms with Gasteiger partial charge in [0.15, 0.2) is 5.15 Å². The molecule has 100 valence electrons. The first-order chi connectivity index (χ1) is 8.26. The molecule has 0 atom stereocenters. The highest BCUT2D eigenvalue weighted by molar-refractivity contribution is 6.29. The lowest BCUT2D eigenvalue weighted by Crippen LogP contribution is -2.56. The van der Waals surface area contributed by atoms with Gasteiger partial charge in [0.05, 0.1) is 16.9 Å². The van der Waals surface area contributed by atoms with Gasteiger partial charge in [-0.15, -0.1) is 5.10 Å². The van der Waals surface area contributed by atoms with Crippen molar-refractivity contribution in [3.05, 3.63) is 23.0 Å². The molecule has 0 aromatic carbocycles. The average molecular weight is 270 g/mol. The summed E-state index contributed by atoms with van der Waals surface area (Å²) < 4.78 is 6.05. The van der Waals surface area contributed by atoms with Crippen LogP contribution in [0.4, 0.5) is 0 Å². The van der Waals surface area contributed by atoms with Crippen molar-refractivity contribution in [3.63, 3.8) is 0 Å². The Kier molecular flexibility index (Phi) is 3.63. The zero-order chi connectivity index (χ0) is 13.4. The summed E-state index contributed by atoms with van der Waals surface area (Å²) in [6, 6.07) is 3.70. The minimum Gasteiger partial charge on any atom is -0.367 e. The number of nitrogens with zero attached hydrogens (tertiary/aromatic N) is 3. The zero-order valence-electron chi connectivity index (χ0n) is 11.4. The van der Waals surface area contributed by atoms with Crippen LogP contribution in [0.2, 0.25) is 5.15 Å². The van der Waals surface area contributed by atoms with Crippen LogP contribution < -0.4 is 0 Å². The van der Waals surface area contributed by atoms with E-state index in [0.717, 1.165) is 25.3 Å². The lowest BCUT2D eigenvalue weighted by molar-refractivity contribution is -0.182. The van der Waals surface area contributed by atoms with Gasteiger partial charge in [0.2, 0.25) is 0 Å². The van der Waals surface area contributed by atoms with Gasteiger partial charge < -0.3 is 4.74 Å². The first-order valence-corrected chi connectivity index (χ1v) is 6.54. The highest BCUT2D eigenvalue weighted by Gasteiger charge is 2.38. The van der Waals surface area contributed by atoms with E-state index in [4.69, 9.17) is 16.3 Å². The second-order valence-corrected chi connectivity index (χ2v) is 6.50. The smallest absolute Gasteiger partial charge is 0.151 e. The van der Waals surface area contributed by atoms with Gasteiger partial charge in [0, 0.05) is 19.6 Å². The first kappa shape index (κ1) is 13.7. The second-order valence-electron chi connectivity index (χ2n) is 6.11. The third-order valence-corrected chi connectivity index (χ3v) is 3.04. The highest BCUT2D eigenvalue weighted by atomic mass is 35.5. The molecular formula is C13H20ClN3O. The fourth-order valence-corrected chi connectivity index (χ4v) is 2.82. The Labute approximate surface area is 113 Å². The summed E-state index contributed by atoms with van der Waals surface area (Å²) in [7, 11) is 0. The molecule has 2 heterocycles. The molecule has 5 heteroatoms. The van der Waals surface area contributed by atoms with Gasteiger partial charge in [-0.25, -0.2) is 0 Å². The van der Waals surface area contributed by atoms with Crippen molar-refractivity contribution in [2.45, 2.75) is 45.4 Å². The van der Waals surface area contributed by atoms with Crippen LogP contribution in [0.3, 0.4) is 0 Å². The maximum atomic E-state index is 6.05. The van der Waals surface area contributed by atoms with E-state index in [1.165, 1.54) is 0 Å². The molecule has 0 N–H and O–H groups in total. The van der Waals surface area contributed by atoms with E-state index < -0.39 is 0 Å². The second kappa shape index (κ2) is 4.76. The lowest BCUT2D eigenvalue weighted by atomic mass is 9.99. The van der Waals surface area contributed by atoms with E-state index in [9.17, 15) is 0 Å². The Morgan fingerprint density at radius 1 is 1.17 bits per heavy atom. The Balaban J connectivity index is 2.07. The molecule has 1 saturated heterocycles. The molecule has 0 aliphatic carbocycles. The van der Waals surface area contributed by atoms with Gasteiger partial charge in [-0.05, 0) is 39.8 Å². The molecule has 1 fully saturated rings. The summed E-state index contributed by atoms with van der Waals surface area (Å²) in [5, 5.41) is 8.41. The maximum Gasteiger partial charge on any atom is 0.151 e. The molecule has 18 heavy (non-hydrogen) atoms. The summed E-state index contributed by atoms with van der Waals surface area (Å²) in [5.41, 5.74) is 0.663. The molecule has 0 spiro atoms. The third-order valence-electron chi connectivity index (χ3n) is 2.83. The van der Waals surface area contributed by atoms with Gasteiger partial charge in [-0.3, -0.25) is 4.90 Å². The Bertz CT molecular complexity index is 401. The topological polar surface area (TPSA) is 38.2 Å². The fourth-order valence-electron chi connectivity index (χ4n) is 2.71. The van der Waals surface area contributed by atoms with Crippen molar-refractivity contribution in [2.24, 2.45) is 0 Å². The van der Waals surface area contributed by atoms with Gasteiger partial charge in [-0.1, -0.05) is 11.6 Å². The number of hydrogen-bond donors (Lipinski definition) is 0. The van der Waals surface area contributed by atoms with Crippen molar-refractivity contribution < 1.29 is 4.74 Å². The van der Waals surface area contributed by atoms with Crippen molar-refractivity contribution in [1.82, 2.24) is 15.1 Å². The molecule has 1 aliphatic heterocycles. The van der Waals surface area contributed by atoms with Crippen molar-refractivity contribution in [3.8, 4) is 0 Å². The van der Waals surface area contributed by atoms with Crippen molar-refractivity contribution in [1.29, 1.82) is 0 Å². The molecule has 4 nitrogen and oxygen atoms in total. The maximum absolute atomic E-state index is 6.05. The van der Waals surface area contributed by atoms with E-state index in [1.54, 1.807) is 6.07 Å². The molecule has 0 saturated carbocycles.